The van der Waals surface area contributed by atoms with Gasteiger partial charge in [-0.2, -0.15) is 0 Å². The SMILES string of the molecule is CC1=CC[C@H]2C(C1)C1CC2[C@@]2(C1)OC2C. The van der Waals surface area contributed by atoms with E-state index in [1.165, 1.54) is 25.7 Å². The zero-order valence-corrected chi connectivity index (χ0v) is 9.70. The van der Waals surface area contributed by atoms with Crippen LogP contribution in [0, 0.1) is 23.7 Å². The number of hydrogen-bond donors (Lipinski definition) is 0. The van der Waals surface area contributed by atoms with Gasteiger partial charge in [-0.05, 0) is 63.2 Å². The summed E-state index contributed by atoms with van der Waals surface area (Å²) in [4.78, 5) is 0. The molecule has 0 radical (unpaired) electrons. The number of hydrogen-bond acceptors (Lipinski definition) is 1. The smallest absolute Gasteiger partial charge is 0.0979 e. The second-order valence-electron chi connectivity index (χ2n) is 6.34. The van der Waals surface area contributed by atoms with Gasteiger partial charge in [-0.15, -0.1) is 0 Å². The molecule has 4 unspecified atom stereocenters. The second-order valence-corrected chi connectivity index (χ2v) is 6.34. The van der Waals surface area contributed by atoms with Crippen molar-refractivity contribution in [3.05, 3.63) is 11.6 Å². The molecule has 3 aliphatic carbocycles. The van der Waals surface area contributed by atoms with Crippen molar-refractivity contribution >= 4 is 0 Å². The zero-order chi connectivity index (χ0) is 10.2. The summed E-state index contributed by atoms with van der Waals surface area (Å²) in [5.41, 5.74) is 2.01. The molecule has 1 heteroatoms. The Kier molecular flexibility index (Phi) is 1.47. The Morgan fingerprint density at radius 1 is 1.40 bits per heavy atom. The van der Waals surface area contributed by atoms with E-state index in [1.807, 2.05) is 0 Å². The molecule has 0 N–H and O–H groups in total. The fourth-order valence-electron chi connectivity index (χ4n) is 5.03. The Morgan fingerprint density at radius 3 is 2.93 bits per heavy atom. The molecule has 2 saturated carbocycles. The van der Waals surface area contributed by atoms with Gasteiger partial charge in [0.15, 0.2) is 0 Å². The molecule has 1 saturated heterocycles. The Bertz CT molecular complexity index is 345. The molecule has 6 atom stereocenters. The minimum atomic E-state index is 0.366. The van der Waals surface area contributed by atoms with E-state index in [0.717, 1.165) is 23.7 Å². The lowest BCUT2D eigenvalue weighted by Gasteiger charge is -2.37. The fraction of sp³-hybridized carbons (Fsp3) is 0.857. The van der Waals surface area contributed by atoms with Crippen LogP contribution in [0.3, 0.4) is 0 Å². The molecule has 1 heterocycles. The van der Waals surface area contributed by atoms with Crippen molar-refractivity contribution in [1.82, 2.24) is 0 Å². The Hall–Kier alpha value is -0.300. The van der Waals surface area contributed by atoms with Gasteiger partial charge in [0.2, 0.25) is 0 Å². The van der Waals surface area contributed by atoms with Gasteiger partial charge in [0, 0.05) is 0 Å². The second kappa shape index (κ2) is 2.51. The predicted molar refractivity (Wildman–Crippen MR) is 59.5 cm³/mol. The molecule has 0 aromatic heterocycles. The highest BCUT2D eigenvalue weighted by Crippen LogP contribution is 2.68. The lowest BCUT2D eigenvalue weighted by Crippen LogP contribution is -2.36. The number of epoxide rings is 1. The van der Waals surface area contributed by atoms with Crippen LogP contribution >= 0.6 is 0 Å². The molecule has 4 aliphatic rings. The van der Waals surface area contributed by atoms with Crippen LogP contribution in [-0.4, -0.2) is 11.7 Å². The normalized spacial score (nSPS) is 60.7. The molecule has 1 aliphatic heterocycles. The van der Waals surface area contributed by atoms with Crippen LogP contribution in [0.4, 0.5) is 0 Å². The average molecular weight is 204 g/mol. The quantitative estimate of drug-likeness (QED) is 0.436. The van der Waals surface area contributed by atoms with E-state index in [9.17, 15) is 0 Å². The number of allylic oxidation sites excluding steroid dienone is 2. The van der Waals surface area contributed by atoms with E-state index in [0.29, 0.717) is 11.7 Å². The number of fused-ring (bicyclic) bond motifs is 6. The van der Waals surface area contributed by atoms with Crippen LogP contribution in [0.25, 0.3) is 0 Å². The molecule has 0 aromatic rings. The van der Waals surface area contributed by atoms with Gasteiger partial charge in [0.25, 0.3) is 0 Å². The van der Waals surface area contributed by atoms with Gasteiger partial charge < -0.3 is 4.74 Å². The lowest BCUT2D eigenvalue weighted by atomic mass is 9.67. The van der Waals surface area contributed by atoms with Crippen molar-refractivity contribution in [3.63, 3.8) is 0 Å². The largest absolute Gasteiger partial charge is 0.366 e. The van der Waals surface area contributed by atoms with E-state index in [1.54, 1.807) is 5.57 Å². The van der Waals surface area contributed by atoms with Crippen molar-refractivity contribution in [3.8, 4) is 0 Å². The summed E-state index contributed by atoms with van der Waals surface area (Å²) in [7, 11) is 0. The first kappa shape index (κ1) is 8.81. The monoisotopic (exact) mass is 204 g/mol. The van der Waals surface area contributed by atoms with Crippen LogP contribution in [0.1, 0.15) is 39.5 Å². The van der Waals surface area contributed by atoms with E-state index in [4.69, 9.17) is 4.74 Å². The third kappa shape index (κ3) is 0.939. The van der Waals surface area contributed by atoms with Gasteiger partial charge in [-0.25, -0.2) is 0 Å². The van der Waals surface area contributed by atoms with Crippen LogP contribution < -0.4 is 0 Å². The van der Waals surface area contributed by atoms with Gasteiger partial charge in [-0.3, -0.25) is 0 Å². The van der Waals surface area contributed by atoms with E-state index < -0.39 is 0 Å². The molecule has 0 amide bonds. The van der Waals surface area contributed by atoms with E-state index in [2.05, 4.69) is 19.9 Å². The van der Waals surface area contributed by atoms with Crippen LogP contribution in [0.5, 0.6) is 0 Å². The summed E-state index contributed by atoms with van der Waals surface area (Å²) in [6, 6.07) is 0. The molecular weight excluding hydrogens is 184 g/mol. The predicted octanol–water partition coefficient (Wildman–Crippen LogP) is 3.16. The third-order valence-corrected chi connectivity index (χ3v) is 5.76. The standard InChI is InChI=1S/C14H20O/c1-8-3-4-11-12(5-8)10-6-13(11)14(7-10)9(2)15-14/h3,9-13H,4-7H2,1-2H3/t9?,10?,11-,12?,13?,14-/m0/s1. The van der Waals surface area contributed by atoms with Gasteiger partial charge in [0.05, 0.1) is 11.7 Å². The third-order valence-electron chi connectivity index (χ3n) is 5.76. The van der Waals surface area contributed by atoms with Crippen LogP contribution in [0.2, 0.25) is 0 Å². The molecule has 0 aromatic carbocycles. The molecule has 15 heavy (non-hydrogen) atoms. The molecular formula is C14H20O. The van der Waals surface area contributed by atoms with Crippen LogP contribution in [-0.2, 0) is 4.74 Å². The summed E-state index contributed by atoms with van der Waals surface area (Å²) in [5.74, 6) is 3.89. The molecule has 3 fully saturated rings. The van der Waals surface area contributed by atoms with Gasteiger partial charge >= 0.3 is 0 Å². The van der Waals surface area contributed by atoms with E-state index >= 15 is 0 Å². The summed E-state index contributed by atoms with van der Waals surface area (Å²) in [6.07, 6.45) is 8.64. The van der Waals surface area contributed by atoms with Crippen molar-refractivity contribution in [2.75, 3.05) is 0 Å². The van der Waals surface area contributed by atoms with Crippen molar-refractivity contribution in [2.24, 2.45) is 23.7 Å². The summed E-state index contributed by atoms with van der Waals surface area (Å²) in [5, 5.41) is 0. The summed E-state index contributed by atoms with van der Waals surface area (Å²) < 4.78 is 5.95. The summed E-state index contributed by atoms with van der Waals surface area (Å²) in [6.45, 7) is 4.59. The maximum Gasteiger partial charge on any atom is 0.0979 e. The minimum absolute atomic E-state index is 0.366. The minimum Gasteiger partial charge on any atom is -0.366 e. The Balaban J connectivity index is 1.67. The maximum atomic E-state index is 5.95. The average Bonchev–Trinajstić information content (AvgIpc) is 2.61. The van der Waals surface area contributed by atoms with Crippen molar-refractivity contribution in [1.29, 1.82) is 0 Å². The molecule has 2 bridgehead atoms. The highest BCUT2D eigenvalue weighted by molar-refractivity contribution is 5.22. The topological polar surface area (TPSA) is 12.5 Å². The lowest BCUT2D eigenvalue weighted by molar-refractivity contribution is 0.114. The first-order valence-corrected chi connectivity index (χ1v) is 6.54. The Morgan fingerprint density at radius 2 is 2.20 bits per heavy atom. The molecule has 82 valence electrons. The van der Waals surface area contributed by atoms with Crippen molar-refractivity contribution in [2.45, 2.75) is 51.2 Å². The van der Waals surface area contributed by atoms with E-state index in [-0.39, 0.29) is 0 Å². The maximum absolute atomic E-state index is 5.95. The first-order chi connectivity index (χ1) is 7.21. The van der Waals surface area contributed by atoms with Crippen molar-refractivity contribution < 1.29 is 4.74 Å². The Labute approximate surface area is 91.9 Å². The molecule has 1 nitrogen and oxygen atoms in total. The number of rotatable bonds is 0. The molecule has 1 spiro atoms. The van der Waals surface area contributed by atoms with Crippen LogP contribution in [0.15, 0.2) is 11.6 Å². The molecule has 4 rings (SSSR count). The highest BCUT2D eigenvalue weighted by Gasteiger charge is 2.70. The first-order valence-electron chi connectivity index (χ1n) is 6.54. The number of ether oxygens (including phenoxy) is 1. The van der Waals surface area contributed by atoms with Gasteiger partial charge in [-0.1, -0.05) is 11.6 Å². The fourth-order valence-corrected chi connectivity index (χ4v) is 5.03. The highest BCUT2D eigenvalue weighted by atomic mass is 16.6. The zero-order valence-electron chi connectivity index (χ0n) is 9.70. The van der Waals surface area contributed by atoms with Gasteiger partial charge in [0.1, 0.15) is 0 Å². The summed E-state index contributed by atoms with van der Waals surface area (Å²) >= 11 is 0.